The van der Waals surface area contributed by atoms with Gasteiger partial charge in [-0.15, -0.1) is 0 Å². The van der Waals surface area contributed by atoms with Crippen molar-refractivity contribution in [2.24, 2.45) is 5.73 Å². The molecule has 0 amide bonds. The van der Waals surface area contributed by atoms with Gasteiger partial charge in [-0.1, -0.05) is 0 Å². The van der Waals surface area contributed by atoms with Gasteiger partial charge in [-0.3, -0.25) is 9.78 Å². The van der Waals surface area contributed by atoms with Crippen LogP contribution in [-0.4, -0.2) is 24.7 Å². The first-order valence-corrected chi connectivity index (χ1v) is 5.73. The molecule has 0 fully saturated rings. The molecule has 0 bridgehead atoms. The molecule has 0 saturated carbocycles. The molecule has 7 heteroatoms. The number of methoxy groups -OCH3 is 1. The minimum atomic E-state index is -2.79. The Hall–Kier alpha value is -1.76. The fourth-order valence-corrected chi connectivity index (χ4v) is 1.69. The summed E-state index contributed by atoms with van der Waals surface area (Å²) in [7, 11) is 1.25. The van der Waals surface area contributed by atoms with E-state index in [0.29, 0.717) is 11.1 Å². The van der Waals surface area contributed by atoms with E-state index in [1.165, 1.54) is 13.3 Å². The molecular formula is C12H16F2N2O3. The number of aromatic nitrogens is 1. The highest BCUT2D eigenvalue weighted by atomic mass is 19.3. The normalized spacial score (nSPS) is 10.6. The van der Waals surface area contributed by atoms with Crippen molar-refractivity contribution in [2.75, 3.05) is 13.7 Å². The maximum absolute atomic E-state index is 12.8. The molecule has 0 aliphatic carbocycles. The summed E-state index contributed by atoms with van der Waals surface area (Å²) in [4.78, 5) is 15.1. The largest absolute Gasteiger partial charge is 0.494 e. The number of pyridine rings is 1. The van der Waals surface area contributed by atoms with Gasteiger partial charge in [0.05, 0.1) is 20.1 Å². The molecule has 0 spiro atoms. The van der Waals surface area contributed by atoms with Crippen LogP contribution in [0.15, 0.2) is 6.20 Å². The molecule has 0 aromatic carbocycles. The number of ether oxygens (including phenoxy) is 2. The fourth-order valence-electron chi connectivity index (χ4n) is 1.69. The van der Waals surface area contributed by atoms with Gasteiger partial charge in [-0.2, -0.15) is 0 Å². The third-order valence-electron chi connectivity index (χ3n) is 2.51. The van der Waals surface area contributed by atoms with Crippen molar-refractivity contribution in [1.29, 1.82) is 0 Å². The van der Waals surface area contributed by atoms with Gasteiger partial charge in [0.25, 0.3) is 6.43 Å². The third kappa shape index (κ3) is 3.60. The molecular weight excluding hydrogens is 258 g/mol. The van der Waals surface area contributed by atoms with E-state index in [0.717, 1.165) is 0 Å². The minimum absolute atomic E-state index is 0.0710. The van der Waals surface area contributed by atoms with E-state index in [2.05, 4.69) is 4.98 Å². The molecule has 0 saturated heterocycles. The molecule has 19 heavy (non-hydrogen) atoms. The highest BCUT2D eigenvalue weighted by molar-refractivity contribution is 5.74. The molecule has 2 N–H and O–H groups in total. The Balaban J connectivity index is 3.23. The molecule has 0 atom stereocenters. The van der Waals surface area contributed by atoms with Crippen LogP contribution in [0.5, 0.6) is 5.75 Å². The zero-order valence-electron chi connectivity index (χ0n) is 10.8. The third-order valence-corrected chi connectivity index (χ3v) is 2.51. The minimum Gasteiger partial charge on any atom is -0.494 e. The Morgan fingerprint density at radius 3 is 2.68 bits per heavy atom. The average Bonchev–Trinajstić information content (AvgIpc) is 2.38. The van der Waals surface area contributed by atoms with E-state index in [-0.39, 0.29) is 25.3 Å². The predicted octanol–water partition coefficient (Wildman–Crippen LogP) is 1.59. The standard InChI is InChI=1S/C12H16F2N2O3/c1-3-19-9(17)4-8-7(5-15)6-16-10(12(13)14)11(8)18-2/h6,12H,3-5,15H2,1-2H3. The second kappa shape index (κ2) is 6.98. The number of rotatable bonds is 6. The second-order valence-corrected chi connectivity index (χ2v) is 3.67. The van der Waals surface area contributed by atoms with Gasteiger partial charge < -0.3 is 15.2 Å². The Morgan fingerprint density at radius 2 is 2.21 bits per heavy atom. The van der Waals surface area contributed by atoms with E-state index in [1.807, 2.05) is 0 Å². The van der Waals surface area contributed by atoms with E-state index in [9.17, 15) is 13.6 Å². The summed E-state index contributed by atoms with van der Waals surface area (Å²) in [5.41, 5.74) is 5.79. The first-order chi connectivity index (χ1) is 9.04. The summed E-state index contributed by atoms with van der Waals surface area (Å²) >= 11 is 0. The monoisotopic (exact) mass is 274 g/mol. The number of nitrogens with zero attached hydrogens (tertiary/aromatic N) is 1. The summed E-state index contributed by atoms with van der Waals surface area (Å²) in [5.74, 6) is -0.632. The van der Waals surface area contributed by atoms with Crippen LogP contribution < -0.4 is 10.5 Å². The predicted molar refractivity (Wildman–Crippen MR) is 64.0 cm³/mol. The smallest absolute Gasteiger partial charge is 0.310 e. The fraction of sp³-hybridized carbons (Fsp3) is 0.500. The Labute approximate surface area is 109 Å². The highest BCUT2D eigenvalue weighted by Gasteiger charge is 2.23. The second-order valence-electron chi connectivity index (χ2n) is 3.67. The summed E-state index contributed by atoms with van der Waals surface area (Å²) < 4.78 is 35.4. The summed E-state index contributed by atoms with van der Waals surface area (Å²) in [6.07, 6.45) is -1.73. The molecule has 1 aromatic heterocycles. The van der Waals surface area contributed by atoms with Crippen LogP contribution in [0.3, 0.4) is 0 Å². The zero-order chi connectivity index (χ0) is 14.4. The number of carbonyl (C=O) groups is 1. The van der Waals surface area contributed by atoms with Crippen LogP contribution in [0.2, 0.25) is 0 Å². The lowest BCUT2D eigenvalue weighted by Crippen LogP contribution is -2.14. The molecule has 0 unspecified atom stereocenters. The summed E-state index contributed by atoms with van der Waals surface area (Å²) in [6, 6.07) is 0. The van der Waals surface area contributed by atoms with Crippen LogP contribution in [0, 0.1) is 0 Å². The van der Waals surface area contributed by atoms with E-state index in [1.54, 1.807) is 6.92 Å². The van der Waals surface area contributed by atoms with Gasteiger partial charge in [0.15, 0.2) is 0 Å². The van der Waals surface area contributed by atoms with Crippen LogP contribution in [0.4, 0.5) is 8.78 Å². The van der Waals surface area contributed by atoms with Crippen molar-refractivity contribution in [3.05, 3.63) is 23.0 Å². The first kappa shape index (κ1) is 15.3. The quantitative estimate of drug-likeness (QED) is 0.797. The lowest BCUT2D eigenvalue weighted by molar-refractivity contribution is -0.142. The summed E-state index contributed by atoms with van der Waals surface area (Å²) in [6.45, 7) is 1.95. The van der Waals surface area contributed by atoms with E-state index in [4.69, 9.17) is 15.2 Å². The Morgan fingerprint density at radius 1 is 1.53 bits per heavy atom. The van der Waals surface area contributed by atoms with Crippen molar-refractivity contribution in [3.8, 4) is 5.75 Å². The maximum Gasteiger partial charge on any atom is 0.310 e. The van der Waals surface area contributed by atoms with E-state index < -0.39 is 18.1 Å². The van der Waals surface area contributed by atoms with E-state index >= 15 is 0 Å². The van der Waals surface area contributed by atoms with Crippen molar-refractivity contribution in [3.63, 3.8) is 0 Å². The molecule has 1 aromatic rings. The topological polar surface area (TPSA) is 74.4 Å². The number of alkyl halides is 2. The Bertz CT molecular complexity index is 453. The van der Waals surface area contributed by atoms with Crippen molar-refractivity contribution >= 4 is 5.97 Å². The van der Waals surface area contributed by atoms with Gasteiger partial charge in [-0.05, 0) is 12.5 Å². The number of halogens is 2. The lowest BCUT2D eigenvalue weighted by atomic mass is 10.0. The molecule has 0 aliphatic rings. The molecule has 0 radical (unpaired) electrons. The van der Waals surface area contributed by atoms with Gasteiger partial charge in [0.2, 0.25) is 0 Å². The van der Waals surface area contributed by atoms with Crippen LogP contribution in [-0.2, 0) is 22.5 Å². The SMILES string of the molecule is CCOC(=O)Cc1c(CN)cnc(C(F)F)c1OC. The van der Waals surface area contributed by atoms with Crippen LogP contribution in [0.1, 0.15) is 30.2 Å². The van der Waals surface area contributed by atoms with Crippen LogP contribution in [0.25, 0.3) is 0 Å². The number of hydrogen-bond donors (Lipinski definition) is 1. The molecule has 1 heterocycles. The van der Waals surface area contributed by atoms with Gasteiger partial charge >= 0.3 is 5.97 Å². The van der Waals surface area contributed by atoms with Crippen molar-refractivity contribution in [1.82, 2.24) is 4.98 Å². The van der Waals surface area contributed by atoms with Crippen molar-refractivity contribution in [2.45, 2.75) is 26.3 Å². The number of esters is 1. The van der Waals surface area contributed by atoms with Gasteiger partial charge in [-0.25, -0.2) is 8.78 Å². The highest BCUT2D eigenvalue weighted by Crippen LogP contribution is 2.32. The average molecular weight is 274 g/mol. The molecule has 0 aliphatic heterocycles. The lowest BCUT2D eigenvalue weighted by Gasteiger charge is -2.15. The number of carbonyl (C=O) groups excluding carboxylic acids is 1. The molecule has 106 valence electrons. The number of hydrogen-bond acceptors (Lipinski definition) is 5. The van der Waals surface area contributed by atoms with Crippen molar-refractivity contribution < 1.29 is 23.0 Å². The first-order valence-electron chi connectivity index (χ1n) is 5.73. The zero-order valence-corrected chi connectivity index (χ0v) is 10.8. The maximum atomic E-state index is 12.8. The van der Waals surface area contributed by atoms with Crippen LogP contribution >= 0.6 is 0 Å². The number of nitrogens with two attached hydrogens (primary N) is 1. The molecule has 5 nitrogen and oxygen atoms in total. The Kier molecular flexibility index (Phi) is 5.62. The summed E-state index contributed by atoms with van der Waals surface area (Å²) in [5, 5.41) is 0. The van der Waals surface area contributed by atoms with Gasteiger partial charge in [0.1, 0.15) is 11.4 Å². The van der Waals surface area contributed by atoms with Gasteiger partial charge in [0, 0.05) is 18.3 Å². The molecule has 1 rings (SSSR count).